The summed E-state index contributed by atoms with van der Waals surface area (Å²) in [6, 6.07) is 22.3. The summed E-state index contributed by atoms with van der Waals surface area (Å²) in [6.07, 6.45) is 1.32. The third-order valence-electron chi connectivity index (χ3n) is 3.42. The van der Waals surface area contributed by atoms with Gasteiger partial charge in [0.2, 0.25) is 0 Å². The van der Waals surface area contributed by atoms with Gasteiger partial charge in [-0.1, -0.05) is 42.5 Å². The van der Waals surface area contributed by atoms with E-state index in [0.717, 1.165) is 11.1 Å². The van der Waals surface area contributed by atoms with E-state index in [-0.39, 0.29) is 18.4 Å². The number of carbonyl (C=O) groups excluding carboxylic acids is 1. The van der Waals surface area contributed by atoms with E-state index in [0.29, 0.717) is 10.4 Å². The number of nitrogens with one attached hydrogen (secondary N) is 1. The van der Waals surface area contributed by atoms with Crippen molar-refractivity contribution < 1.29 is 14.3 Å². The number of aromatic nitrogens is 1. The van der Waals surface area contributed by atoms with Gasteiger partial charge in [-0.15, -0.1) is 4.73 Å². The Morgan fingerprint density at radius 2 is 1.58 bits per heavy atom. The zero-order valence-corrected chi connectivity index (χ0v) is 12.9. The van der Waals surface area contributed by atoms with Crippen LogP contribution >= 0.6 is 0 Å². The molecule has 0 fully saturated rings. The molecule has 0 spiro atoms. The molecular formula is C19H16N2O3. The van der Waals surface area contributed by atoms with Crippen molar-refractivity contribution in [3.05, 3.63) is 84.2 Å². The topological polar surface area (TPSA) is 65.3 Å². The molecule has 3 rings (SSSR count). The maximum atomic E-state index is 11.9. The fraction of sp³-hybridized carbons (Fsp3) is 0.0526. The molecular weight excluding hydrogens is 304 g/mol. The number of carbonyl (C=O) groups is 1. The number of hydrogen-bond acceptors (Lipinski definition) is 3. The molecule has 1 heterocycles. The van der Waals surface area contributed by atoms with E-state index in [1.165, 1.54) is 12.3 Å². The van der Waals surface area contributed by atoms with Crippen LogP contribution in [0.15, 0.2) is 79.0 Å². The molecule has 24 heavy (non-hydrogen) atoms. The lowest BCUT2D eigenvalue weighted by atomic mass is 10.1. The van der Waals surface area contributed by atoms with Crippen LogP contribution in [0.3, 0.4) is 0 Å². The first-order valence-electron chi connectivity index (χ1n) is 7.49. The van der Waals surface area contributed by atoms with Crippen LogP contribution < -0.4 is 14.8 Å². The van der Waals surface area contributed by atoms with E-state index in [1.807, 2.05) is 54.6 Å². The minimum absolute atomic E-state index is 0.0899. The third-order valence-corrected chi connectivity index (χ3v) is 3.42. The fourth-order valence-electron chi connectivity index (χ4n) is 2.24. The van der Waals surface area contributed by atoms with Gasteiger partial charge in [0, 0.05) is 11.8 Å². The van der Waals surface area contributed by atoms with Gasteiger partial charge in [-0.25, -0.2) is 0 Å². The second-order valence-corrected chi connectivity index (χ2v) is 5.14. The number of amides is 1. The molecule has 120 valence electrons. The predicted octanol–water partition coefficient (Wildman–Crippen LogP) is 3.00. The van der Waals surface area contributed by atoms with Crippen molar-refractivity contribution in [1.29, 1.82) is 0 Å². The highest BCUT2D eigenvalue weighted by Gasteiger charge is 2.09. The second-order valence-electron chi connectivity index (χ2n) is 5.14. The average Bonchev–Trinajstić information content (AvgIpc) is 2.62. The summed E-state index contributed by atoms with van der Waals surface area (Å²) in [7, 11) is 0. The summed E-state index contributed by atoms with van der Waals surface area (Å²) in [5.41, 5.74) is 2.86. The van der Waals surface area contributed by atoms with Gasteiger partial charge >= 0.3 is 5.88 Å². The average molecular weight is 320 g/mol. The number of anilines is 1. The lowest BCUT2D eigenvalue weighted by Gasteiger charge is -2.08. The van der Waals surface area contributed by atoms with Crippen LogP contribution in [0.5, 0.6) is 5.88 Å². The highest BCUT2D eigenvalue weighted by atomic mass is 16.6. The molecule has 0 saturated heterocycles. The summed E-state index contributed by atoms with van der Waals surface area (Å²) in [4.78, 5) is 11.9. The van der Waals surface area contributed by atoms with Crippen molar-refractivity contribution in [3.8, 4) is 17.0 Å². The first-order valence-corrected chi connectivity index (χ1v) is 7.49. The highest BCUT2D eigenvalue weighted by molar-refractivity contribution is 5.92. The summed E-state index contributed by atoms with van der Waals surface area (Å²) in [5.74, 6) is -0.238. The third kappa shape index (κ3) is 3.89. The molecule has 3 aromatic rings. The number of pyridine rings is 1. The van der Waals surface area contributed by atoms with Crippen molar-refractivity contribution in [2.45, 2.75) is 0 Å². The van der Waals surface area contributed by atoms with Gasteiger partial charge in [-0.2, -0.15) is 0 Å². The largest absolute Gasteiger partial charge is 0.616 e. The van der Waals surface area contributed by atoms with Crippen LogP contribution in [0.2, 0.25) is 0 Å². The van der Waals surface area contributed by atoms with E-state index in [9.17, 15) is 10.0 Å². The van der Waals surface area contributed by atoms with E-state index < -0.39 is 0 Å². The summed E-state index contributed by atoms with van der Waals surface area (Å²) in [5, 5.41) is 14.2. The van der Waals surface area contributed by atoms with Gasteiger partial charge in [0.25, 0.3) is 5.91 Å². The molecule has 0 aliphatic heterocycles. The summed E-state index contributed by atoms with van der Waals surface area (Å²) in [6.45, 7) is -0.229. The van der Waals surface area contributed by atoms with Crippen molar-refractivity contribution in [2.75, 3.05) is 11.9 Å². The van der Waals surface area contributed by atoms with Crippen LogP contribution in [-0.4, -0.2) is 12.5 Å². The number of benzene rings is 2. The zero-order valence-electron chi connectivity index (χ0n) is 12.9. The number of ether oxygens (including phenoxy) is 1. The predicted molar refractivity (Wildman–Crippen MR) is 91.4 cm³/mol. The molecule has 0 unspecified atom stereocenters. The standard InChI is InChI=1S/C19H16N2O3/c22-18(14-24-19-8-4-5-13-21(19)23)20-17-11-9-16(10-12-17)15-6-2-1-3-7-15/h1-13H,14H2,(H,20,22). The Bertz CT molecular complexity index is 818. The molecule has 2 aromatic carbocycles. The van der Waals surface area contributed by atoms with Crippen LogP contribution in [0, 0.1) is 5.21 Å². The number of hydrogen-bond donors (Lipinski definition) is 1. The molecule has 1 aromatic heterocycles. The van der Waals surface area contributed by atoms with E-state index in [1.54, 1.807) is 12.1 Å². The molecule has 5 heteroatoms. The Morgan fingerprint density at radius 1 is 0.917 bits per heavy atom. The minimum atomic E-state index is -0.327. The van der Waals surface area contributed by atoms with Crippen molar-refractivity contribution in [2.24, 2.45) is 0 Å². The van der Waals surface area contributed by atoms with Gasteiger partial charge in [0.1, 0.15) is 0 Å². The molecule has 0 saturated carbocycles. The van der Waals surface area contributed by atoms with E-state index in [2.05, 4.69) is 5.32 Å². The Kier molecular flexibility index (Phi) is 4.72. The van der Waals surface area contributed by atoms with Crippen LogP contribution in [0.25, 0.3) is 11.1 Å². The molecule has 0 bridgehead atoms. The second kappa shape index (κ2) is 7.28. The maximum absolute atomic E-state index is 11.9. The van der Waals surface area contributed by atoms with Crippen molar-refractivity contribution in [3.63, 3.8) is 0 Å². The zero-order chi connectivity index (χ0) is 16.8. The molecule has 0 radical (unpaired) electrons. The quantitative estimate of drug-likeness (QED) is 0.580. The van der Waals surface area contributed by atoms with Gasteiger partial charge in [0.05, 0.1) is 6.07 Å². The molecule has 5 nitrogen and oxygen atoms in total. The van der Waals surface area contributed by atoms with Gasteiger partial charge in [-0.05, 0) is 29.3 Å². The Hall–Kier alpha value is -3.34. The lowest BCUT2D eigenvalue weighted by molar-refractivity contribution is -0.612. The van der Waals surface area contributed by atoms with E-state index >= 15 is 0 Å². The number of rotatable bonds is 5. The van der Waals surface area contributed by atoms with Crippen molar-refractivity contribution in [1.82, 2.24) is 0 Å². The highest BCUT2D eigenvalue weighted by Crippen LogP contribution is 2.20. The monoisotopic (exact) mass is 320 g/mol. The molecule has 0 aliphatic carbocycles. The molecule has 0 aliphatic rings. The fourth-order valence-corrected chi connectivity index (χ4v) is 2.24. The molecule has 1 N–H and O–H groups in total. The van der Waals surface area contributed by atoms with Gasteiger partial charge in [-0.3, -0.25) is 4.79 Å². The van der Waals surface area contributed by atoms with Crippen LogP contribution in [0.1, 0.15) is 0 Å². The minimum Gasteiger partial charge on any atom is -0.616 e. The molecule has 1 amide bonds. The van der Waals surface area contributed by atoms with Crippen LogP contribution in [0.4, 0.5) is 5.69 Å². The Balaban J connectivity index is 1.58. The van der Waals surface area contributed by atoms with Crippen LogP contribution in [-0.2, 0) is 4.79 Å². The normalized spacial score (nSPS) is 10.2. The van der Waals surface area contributed by atoms with Gasteiger partial charge in [0.15, 0.2) is 12.8 Å². The first kappa shape index (κ1) is 15.6. The lowest BCUT2D eigenvalue weighted by Crippen LogP contribution is -2.30. The number of nitrogens with zero attached hydrogens (tertiary/aromatic N) is 1. The summed E-state index contributed by atoms with van der Waals surface area (Å²) >= 11 is 0. The molecule has 0 atom stereocenters. The maximum Gasteiger partial charge on any atom is 0.379 e. The smallest absolute Gasteiger partial charge is 0.379 e. The summed E-state index contributed by atoms with van der Waals surface area (Å²) < 4.78 is 5.77. The van der Waals surface area contributed by atoms with Gasteiger partial charge < -0.3 is 15.3 Å². The SMILES string of the molecule is O=C(COc1cccc[n+]1[O-])Nc1ccc(-c2ccccc2)cc1. The first-order chi connectivity index (χ1) is 11.7. The Morgan fingerprint density at radius 3 is 2.29 bits per heavy atom. The Labute approximate surface area is 139 Å². The van der Waals surface area contributed by atoms with E-state index in [4.69, 9.17) is 4.74 Å². The van der Waals surface area contributed by atoms with Crippen molar-refractivity contribution >= 4 is 11.6 Å².